The predicted octanol–water partition coefficient (Wildman–Crippen LogP) is 0.737. The first-order valence-electron chi connectivity index (χ1n) is 4.81. The molecule has 1 aromatic rings. The highest BCUT2D eigenvalue weighted by Gasteiger charge is 2.23. The first-order chi connectivity index (χ1) is 7.54. The highest BCUT2D eigenvalue weighted by Crippen LogP contribution is 2.22. The Kier molecular flexibility index (Phi) is 4.39. The van der Waals surface area contributed by atoms with E-state index in [9.17, 15) is 14.3 Å². The molecule has 16 heavy (non-hydrogen) atoms. The normalized spacial score (nSPS) is 14.4. The highest BCUT2D eigenvalue weighted by atomic mass is 19.1. The second-order valence-electron chi connectivity index (χ2n) is 3.52. The van der Waals surface area contributed by atoms with Crippen molar-refractivity contribution in [3.63, 3.8) is 0 Å². The molecule has 0 saturated heterocycles. The van der Waals surface area contributed by atoms with Gasteiger partial charge in [-0.2, -0.15) is 0 Å². The summed E-state index contributed by atoms with van der Waals surface area (Å²) in [6.45, 7) is -0.515. The van der Waals surface area contributed by atoms with Crippen LogP contribution in [0.4, 0.5) is 4.39 Å². The van der Waals surface area contributed by atoms with E-state index in [4.69, 9.17) is 10.2 Å². The number of hydrogen-bond donors (Lipinski definition) is 3. The fraction of sp³-hybridized carbons (Fsp3) is 0.364. The Balaban J connectivity index is 2.89. The van der Waals surface area contributed by atoms with Crippen LogP contribution in [0, 0.1) is 5.82 Å². The molecule has 0 aliphatic heterocycles. The lowest BCUT2D eigenvalue weighted by Crippen LogP contribution is -2.21. The second kappa shape index (κ2) is 5.58. The Labute approximate surface area is 92.0 Å². The molecule has 0 heterocycles. The quantitative estimate of drug-likeness (QED) is 0.694. The number of benzene rings is 1. The monoisotopic (exact) mass is 228 g/mol. The first-order valence-corrected chi connectivity index (χ1v) is 4.81. The topological polar surface area (TPSA) is 77.8 Å². The van der Waals surface area contributed by atoms with Gasteiger partial charge in [0.1, 0.15) is 5.82 Å². The average Bonchev–Trinajstić information content (AvgIpc) is 2.25. The number of carbonyl (C=O) groups is 1. The third kappa shape index (κ3) is 3.29. The maximum atomic E-state index is 12.9. The number of rotatable bonds is 5. The van der Waals surface area contributed by atoms with Crippen LogP contribution in [0.1, 0.15) is 17.9 Å². The summed E-state index contributed by atoms with van der Waals surface area (Å²) >= 11 is 0. The number of aliphatic hydroxyl groups is 2. The maximum Gasteiger partial charge on any atom is 0.311 e. The zero-order chi connectivity index (χ0) is 12.1. The van der Waals surface area contributed by atoms with Crippen molar-refractivity contribution in [2.24, 2.45) is 0 Å². The van der Waals surface area contributed by atoms with Gasteiger partial charge in [-0.15, -0.1) is 0 Å². The molecule has 0 aliphatic carbocycles. The summed E-state index contributed by atoms with van der Waals surface area (Å²) in [5, 5.41) is 26.8. The van der Waals surface area contributed by atoms with E-state index in [-0.39, 0.29) is 12.0 Å². The van der Waals surface area contributed by atoms with Crippen LogP contribution in [0.2, 0.25) is 0 Å². The van der Waals surface area contributed by atoms with Gasteiger partial charge in [-0.1, -0.05) is 12.1 Å². The van der Waals surface area contributed by atoms with E-state index >= 15 is 0 Å². The molecule has 0 fully saturated rings. The molecule has 0 amide bonds. The van der Waals surface area contributed by atoms with Crippen LogP contribution < -0.4 is 0 Å². The van der Waals surface area contributed by atoms with Crippen molar-refractivity contribution >= 4 is 5.97 Å². The molecule has 4 nitrogen and oxygen atoms in total. The number of hydrogen-bond acceptors (Lipinski definition) is 3. The van der Waals surface area contributed by atoms with Gasteiger partial charge >= 0.3 is 5.97 Å². The summed E-state index contributed by atoms with van der Waals surface area (Å²) in [4.78, 5) is 10.9. The van der Waals surface area contributed by atoms with E-state index in [1.54, 1.807) is 0 Å². The van der Waals surface area contributed by atoms with E-state index in [0.29, 0.717) is 0 Å². The van der Waals surface area contributed by atoms with Crippen LogP contribution in [0.5, 0.6) is 0 Å². The Morgan fingerprint density at radius 2 is 2.12 bits per heavy atom. The van der Waals surface area contributed by atoms with Crippen LogP contribution in [0.3, 0.4) is 0 Å². The third-order valence-electron chi connectivity index (χ3n) is 2.27. The van der Waals surface area contributed by atoms with Crippen molar-refractivity contribution in [1.29, 1.82) is 0 Å². The lowest BCUT2D eigenvalue weighted by Gasteiger charge is -2.15. The fourth-order valence-electron chi connectivity index (χ4n) is 1.45. The van der Waals surface area contributed by atoms with Crippen molar-refractivity contribution in [2.45, 2.75) is 18.4 Å². The minimum absolute atomic E-state index is 0.144. The minimum Gasteiger partial charge on any atom is -0.481 e. The lowest BCUT2D eigenvalue weighted by atomic mass is 9.93. The summed E-state index contributed by atoms with van der Waals surface area (Å²) in [5.41, 5.74) is 0.278. The largest absolute Gasteiger partial charge is 0.481 e. The number of aliphatic carboxylic acids is 1. The van der Waals surface area contributed by atoms with Gasteiger partial charge in [0.25, 0.3) is 0 Å². The molecule has 5 heteroatoms. The molecule has 0 radical (unpaired) electrons. The van der Waals surface area contributed by atoms with Gasteiger partial charge in [0.2, 0.25) is 0 Å². The molecule has 0 spiro atoms. The summed E-state index contributed by atoms with van der Waals surface area (Å²) < 4.78 is 12.9. The van der Waals surface area contributed by atoms with Gasteiger partial charge in [-0.05, 0) is 24.1 Å². The molecule has 0 aliphatic rings. The summed E-state index contributed by atoms with van der Waals surface area (Å²) in [5.74, 6) is -2.70. The molecule has 1 aromatic carbocycles. The van der Waals surface area contributed by atoms with Crippen molar-refractivity contribution in [1.82, 2.24) is 0 Å². The smallest absolute Gasteiger partial charge is 0.311 e. The van der Waals surface area contributed by atoms with Crippen LogP contribution >= 0.6 is 0 Å². The Bertz CT molecular complexity index is 367. The second-order valence-corrected chi connectivity index (χ2v) is 3.52. The van der Waals surface area contributed by atoms with E-state index in [2.05, 4.69) is 0 Å². The van der Waals surface area contributed by atoms with Gasteiger partial charge in [-0.3, -0.25) is 4.79 Å². The lowest BCUT2D eigenvalue weighted by molar-refractivity contribution is -0.139. The van der Waals surface area contributed by atoms with E-state index in [0.717, 1.165) is 6.07 Å². The SMILES string of the molecule is O=C(O)C(CC(O)CO)c1cccc(F)c1. The predicted molar refractivity (Wildman–Crippen MR) is 54.5 cm³/mol. The van der Waals surface area contributed by atoms with E-state index in [1.165, 1.54) is 18.2 Å². The maximum absolute atomic E-state index is 12.9. The molecule has 0 aromatic heterocycles. The Morgan fingerprint density at radius 3 is 2.62 bits per heavy atom. The fourth-order valence-corrected chi connectivity index (χ4v) is 1.45. The van der Waals surface area contributed by atoms with Gasteiger partial charge in [-0.25, -0.2) is 4.39 Å². The van der Waals surface area contributed by atoms with Crippen LogP contribution in [0.15, 0.2) is 24.3 Å². The molecule has 0 saturated carbocycles. The molecule has 2 atom stereocenters. The van der Waals surface area contributed by atoms with E-state index in [1.807, 2.05) is 0 Å². The average molecular weight is 228 g/mol. The summed E-state index contributed by atoms with van der Waals surface area (Å²) in [6.07, 6.45) is -1.26. The number of aliphatic hydroxyl groups excluding tert-OH is 2. The third-order valence-corrected chi connectivity index (χ3v) is 2.27. The van der Waals surface area contributed by atoms with Crippen molar-refractivity contribution in [3.05, 3.63) is 35.6 Å². The van der Waals surface area contributed by atoms with Crippen LogP contribution in [-0.4, -0.2) is 34.0 Å². The van der Waals surface area contributed by atoms with Gasteiger partial charge in [0.15, 0.2) is 0 Å². The molecular weight excluding hydrogens is 215 g/mol. The van der Waals surface area contributed by atoms with E-state index < -0.39 is 30.4 Å². The first kappa shape index (κ1) is 12.6. The van der Waals surface area contributed by atoms with Gasteiger partial charge in [0, 0.05) is 0 Å². The minimum atomic E-state index is -1.15. The number of carboxylic acids is 1. The van der Waals surface area contributed by atoms with Gasteiger partial charge in [0.05, 0.1) is 18.6 Å². The number of carboxylic acid groups (broad SMARTS) is 1. The Hall–Kier alpha value is -1.46. The van der Waals surface area contributed by atoms with Crippen molar-refractivity contribution in [3.8, 4) is 0 Å². The van der Waals surface area contributed by atoms with Crippen LogP contribution in [-0.2, 0) is 4.79 Å². The zero-order valence-corrected chi connectivity index (χ0v) is 8.51. The van der Waals surface area contributed by atoms with Crippen molar-refractivity contribution in [2.75, 3.05) is 6.61 Å². The highest BCUT2D eigenvalue weighted by molar-refractivity contribution is 5.76. The Morgan fingerprint density at radius 1 is 1.44 bits per heavy atom. The summed E-state index contributed by atoms with van der Waals surface area (Å²) in [7, 11) is 0. The number of halogens is 1. The molecule has 3 N–H and O–H groups in total. The van der Waals surface area contributed by atoms with Crippen LogP contribution in [0.25, 0.3) is 0 Å². The zero-order valence-electron chi connectivity index (χ0n) is 8.51. The molecule has 2 unspecified atom stereocenters. The van der Waals surface area contributed by atoms with Crippen molar-refractivity contribution < 1.29 is 24.5 Å². The van der Waals surface area contributed by atoms with Gasteiger partial charge < -0.3 is 15.3 Å². The molecule has 1 rings (SSSR count). The molecule has 0 bridgehead atoms. The summed E-state index contributed by atoms with van der Waals surface area (Å²) in [6, 6.07) is 5.21. The molecule has 88 valence electrons. The molecular formula is C11H13FO4. The standard InChI is InChI=1S/C11H13FO4/c12-8-3-1-2-7(4-8)10(11(15)16)5-9(14)6-13/h1-4,9-10,13-14H,5-6H2,(H,15,16).